The standard InChI is InChI=1S/C17H27NOS/c1-2-6-16(13-15-7-4-3-5-8-15)18-14-17(19)9-11-20-12-10-17/h3-5,7-8,16,18-19H,2,6,9-14H2,1H3. The van der Waals surface area contributed by atoms with Crippen LogP contribution in [0, 0.1) is 0 Å². The molecule has 1 saturated heterocycles. The third-order valence-electron chi connectivity index (χ3n) is 4.11. The monoisotopic (exact) mass is 293 g/mol. The lowest BCUT2D eigenvalue weighted by Crippen LogP contribution is -2.47. The highest BCUT2D eigenvalue weighted by molar-refractivity contribution is 7.99. The molecule has 3 heteroatoms. The smallest absolute Gasteiger partial charge is 0.0787 e. The molecule has 112 valence electrons. The molecule has 1 fully saturated rings. The Kier molecular flexibility index (Phi) is 6.40. The summed E-state index contributed by atoms with van der Waals surface area (Å²) in [6, 6.07) is 11.1. The number of benzene rings is 1. The van der Waals surface area contributed by atoms with Crippen LogP contribution in [0.4, 0.5) is 0 Å². The minimum Gasteiger partial charge on any atom is -0.389 e. The quantitative estimate of drug-likeness (QED) is 0.809. The van der Waals surface area contributed by atoms with Crippen molar-refractivity contribution in [2.45, 2.75) is 50.7 Å². The molecule has 0 amide bonds. The van der Waals surface area contributed by atoms with Gasteiger partial charge < -0.3 is 10.4 Å². The molecule has 2 N–H and O–H groups in total. The van der Waals surface area contributed by atoms with E-state index in [1.54, 1.807) is 0 Å². The summed E-state index contributed by atoms with van der Waals surface area (Å²) in [7, 11) is 0. The molecule has 0 aromatic heterocycles. The molecule has 0 aliphatic carbocycles. The summed E-state index contributed by atoms with van der Waals surface area (Å²) in [6.45, 7) is 2.97. The van der Waals surface area contributed by atoms with E-state index in [2.05, 4.69) is 42.6 Å². The van der Waals surface area contributed by atoms with Gasteiger partial charge in [-0.3, -0.25) is 0 Å². The number of rotatable bonds is 7. The first-order chi connectivity index (χ1) is 9.72. The normalized spacial score (nSPS) is 19.7. The highest BCUT2D eigenvalue weighted by Crippen LogP contribution is 2.26. The van der Waals surface area contributed by atoms with Crippen LogP contribution in [0.25, 0.3) is 0 Å². The Bertz CT molecular complexity index is 376. The largest absolute Gasteiger partial charge is 0.389 e. The van der Waals surface area contributed by atoms with Crippen LogP contribution in [0.5, 0.6) is 0 Å². The highest BCUT2D eigenvalue weighted by Gasteiger charge is 2.29. The van der Waals surface area contributed by atoms with Gasteiger partial charge in [0.1, 0.15) is 0 Å². The van der Waals surface area contributed by atoms with Gasteiger partial charge >= 0.3 is 0 Å². The van der Waals surface area contributed by atoms with Crippen LogP contribution < -0.4 is 5.32 Å². The lowest BCUT2D eigenvalue weighted by atomic mass is 9.95. The van der Waals surface area contributed by atoms with Gasteiger partial charge in [0.05, 0.1) is 5.60 Å². The number of aliphatic hydroxyl groups is 1. The predicted molar refractivity (Wildman–Crippen MR) is 88.4 cm³/mol. The summed E-state index contributed by atoms with van der Waals surface area (Å²) < 4.78 is 0. The van der Waals surface area contributed by atoms with Gasteiger partial charge in [0.2, 0.25) is 0 Å². The molecule has 1 atom stereocenters. The minimum atomic E-state index is -0.478. The molecule has 1 unspecified atom stereocenters. The summed E-state index contributed by atoms with van der Waals surface area (Å²) in [6.07, 6.45) is 5.25. The van der Waals surface area contributed by atoms with Crippen molar-refractivity contribution in [3.05, 3.63) is 35.9 Å². The fraction of sp³-hybridized carbons (Fsp3) is 0.647. The van der Waals surface area contributed by atoms with Gasteiger partial charge in [-0.25, -0.2) is 0 Å². The van der Waals surface area contributed by atoms with E-state index in [9.17, 15) is 5.11 Å². The second kappa shape index (κ2) is 8.06. The van der Waals surface area contributed by atoms with Crippen molar-refractivity contribution >= 4 is 11.8 Å². The van der Waals surface area contributed by atoms with E-state index in [1.807, 2.05) is 11.8 Å². The molecule has 1 aromatic carbocycles. The van der Waals surface area contributed by atoms with E-state index in [-0.39, 0.29) is 0 Å². The highest BCUT2D eigenvalue weighted by atomic mass is 32.2. The Labute approximate surface area is 127 Å². The summed E-state index contributed by atoms with van der Waals surface area (Å²) in [4.78, 5) is 0. The molecule has 20 heavy (non-hydrogen) atoms. The van der Waals surface area contributed by atoms with E-state index in [0.29, 0.717) is 6.04 Å². The third kappa shape index (κ3) is 5.12. The van der Waals surface area contributed by atoms with E-state index < -0.39 is 5.60 Å². The lowest BCUT2D eigenvalue weighted by Gasteiger charge is -2.33. The van der Waals surface area contributed by atoms with Crippen LogP contribution in [0.1, 0.15) is 38.2 Å². The van der Waals surface area contributed by atoms with Crippen molar-refractivity contribution in [3.8, 4) is 0 Å². The van der Waals surface area contributed by atoms with E-state index >= 15 is 0 Å². The zero-order valence-corrected chi connectivity index (χ0v) is 13.3. The minimum absolute atomic E-state index is 0.473. The molecule has 0 bridgehead atoms. The summed E-state index contributed by atoms with van der Waals surface area (Å²) in [5.41, 5.74) is 0.901. The summed E-state index contributed by atoms with van der Waals surface area (Å²) >= 11 is 1.96. The van der Waals surface area contributed by atoms with E-state index in [0.717, 1.165) is 37.3 Å². The first kappa shape index (κ1) is 15.9. The van der Waals surface area contributed by atoms with Crippen LogP contribution in [0.2, 0.25) is 0 Å². The van der Waals surface area contributed by atoms with Gasteiger partial charge in [-0.05, 0) is 42.8 Å². The van der Waals surface area contributed by atoms with Crippen molar-refractivity contribution in [3.63, 3.8) is 0 Å². The average Bonchev–Trinajstić information content (AvgIpc) is 2.47. The second-order valence-corrected chi connectivity index (χ2v) is 7.12. The zero-order chi connectivity index (χ0) is 14.3. The fourth-order valence-corrected chi connectivity index (χ4v) is 4.04. The summed E-state index contributed by atoms with van der Waals surface area (Å²) in [5.74, 6) is 2.19. The van der Waals surface area contributed by atoms with Crippen LogP contribution in [-0.4, -0.2) is 34.8 Å². The van der Waals surface area contributed by atoms with E-state index in [1.165, 1.54) is 18.4 Å². The maximum Gasteiger partial charge on any atom is 0.0787 e. The molecule has 1 heterocycles. The Hall–Kier alpha value is -0.510. The van der Waals surface area contributed by atoms with Gasteiger partial charge in [0, 0.05) is 12.6 Å². The number of thioether (sulfide) groups is 1. The fourth-order valence-electron chi connectivity index (χ4n) is 2.79. The maximum atomic E-state index is 10.6. The van der Waals surface area contributed by atoms with Crippen LogP contribution in [-0.2, 0) is 6.42 Å². The Morgan fingerprint density at radius 3 is 2.60 bits per heavy atom. The van der Waals surface area contributed by atoms with Crippen molar-refractivity contribution in [1.29, 1.82) is 0 Å². The van der Waals surface area contributed by atoms with Crippen molar-refractivity contribution < 1.29 is 5.11 Å². The molecular formula is C17H27NOS. The topological polar surface area (TPSA) is 32.3 Å². The van der Waals surface area contributed by atoms with Crippen LogP contribution >= 0.6 is 11.8 Å². The van der Waals surface area contributed by atoms with Gasteiger partial charge in [-0.2, -0.15) is 11.8 Å². The molecule has 0 saturated carbocycles. The molecule has 1 aliphatic heterocycles. The molecular weight excluding hydrogens is 266 g/mol. The first-order valence-electron chi connectivity index (χ1n) is 7.79. The molecule has 2 nitrogen and oxygen atoms in total. The molecule has 0 radical (unpaired) electrons. The lowest BCUT2D eigenvalue weighted by molar-refractivity contribution is 0.0293. The first-order valence-corrected chi connectivity index (χ1v) is 8.95. The molecule has 1 aliphatic rings. The van der Waals surface area contributed by atoms with Crippen LogP contribution in [0.15, 0.2) is 30.3 Å². The van der Waals surface area contributed by atoms with Crippen molar-refractivity contribution in [1.82, 2.24) is 5.32 Å². The van der Waals surface area contributed by atoms with Gasteiger partial charge in [0.25, 0.3) is 0 Å². The maximum absolute atomic E-state index is 10.6. The molecule has 0 spiro atoms. The predicted octanol–water partition coefficient (Wildman–Crippen LogP) is 3.25. The number of nitrogens with one attached hydrogen (secondary N) is 1. The Morgan fingerprint density at radius 2 is 1.95 bits per heavy atom. The van der Waals surface area contributed by atoms with Crippen LogP contribution in [0.3, 0.4) is 0 Å². The van der Waals surface area contributed by atoms with E-state index in [4.69, 9.17) is 0 Å². The summed E-state index contributed by atoms with van der Waals surface area (Å²) in [5, 5.41) is 14.2. The Balaban J connectivity index is 1.85. The van der Waals surface area contributed by atoms with Gasteiger partial charge in [-0.15, -0.1) is 0 Å². The zero-order valence-electron chi connectivity index (χ0n) is 12.5. The molecule has 2 rings (SSSR count). The molecule has 1 aromatic rings. The number of hydrogen-bond acceptors (Lipinski definition) is 3. The van der Waals surface area contributed by atoms with Gasteiger partial charge in [0.15, 0.2) is 0 Å². The van der Waals surface area contributed by atoms with Gasteiger partial charge in [-0.1, -0.05) is 43.7 Å². The Morgan fingerprint density at radius 1 is 1.25 bits per heavy atom. The van der Waals surface area contributed by atoms with Crippen molar-refractivity contribution in [2.75, 3.05) is 18.1 Å². The average molecular weight is 293 g/mol. The SMILES string of the molecule is CCCC(Cc1ccccc1)NCC1(O)CCSCC1. The number of hydrogen-bond donors (Lipinski definition) is 2. The second-order valence-electron chi connectivity index (χ2n) is 5.89. The third-order valence-corrected chi connectivity index (χ3v) is 5.09. The van der Waals surface area contributed by atoms with Crippen molar-refractivity contribution in [2.24, 2.45) is 0 Å².